The highest BCUT2D eigenvalue weighted by molar-refractivity contribution is 6.36. The Kier molecular flexibility index (Phi) is 10.3. The predicted molar refractivity (Wildman–Crippen MR) is 158 cm³/mol. The number of rotatable bonds is 9. The monoisotopic (exact) mass is 626 g/mol. The van der Waals surface area contributed by atoms with Crippen LogP contribution in [0.4, 0.5) is 0 Å². The minimum atomic E-state index is -1.02. The summed E-state index contributed by atoms with van der Waals surface area (Å²) in [7, 11) is 1.25. The molecule has 1 N–H and O–H groups in total. The molecular weight excluding hydrogens is 591 g/mol. The lowest BCUT2D eigenvalue weighted by molar-refractivity contribution is -0.173. The summed E-state index contributed by atoms with van der Waals surface area (Å²) in [4.78, 5) is 43.7. The van der Waals surface area contributed by atoms with Gasteiger partial charge in [0.05, 0.1) is 12.5 Å². The van der Waals surface area contributed by atoms with E-state index < -0.39 is 34.4 Å². The number of methoxy groups -OCH3 is 1. The highest BCUT2D eigenvalue weighted by Crippen LogP contribution is 2.57. The molecule has 1 aliphatic rings. The molecule has 11 heteroatoms. The Morgan fingerprint density at radius 2 is 1.71 bits per heavy atom. The number of esters is 2. The third kappa shape index (κ3) is 7.46. The molecule has 1 aliphatic carbocycles. The first-order valence-electron chi connectivity index (χ1n) is 13.3. The van der Waals surface area contributed by atoms with E-state index >= 15 is 0 Å². The third-order valence-electron chi connectivity index (χ3n) is 7.91. The van der Waals surface area contributed by atoms with Gasteiger partial charge in [0.25, 0.3) is 0 Å². The first-order chi connectivity index (χ1) is 19.0. The van der Waals surface area contributed by atoms with E-state index in [1.165, 1.54) is 7.11 Å². The van der Waals surface area contributed by atoms with Gasteiger partial charge in [0.2, 0.25) is 5.91 Å². The van der Waals surface area contributed by atoms with E-state index in [4.69, 9.17) is 49.0 Å². The fourth-order valence-corrected chi connectivity index (χ4v) is 5.77. The van der Waals surface area contributed by atoms with Gasteiger partial charge < -0.3 is 19.5 Å². The largest absolute Gasteiger partial charge is 0.486 e. The van der Waals surface area contributed by atoms with Crippen molar-refractivity contribution in [3.05, 3.63) is 56.8 Å². The molecule has 8 nitrogen and oxygen atoms in total. The van der Waals surface area contributed by atoms with Crippen molar-refractivity contribution in [1.82, 2.24) is 10.3 Å². The fourth-order valence-electron chi connectivity index (χ4n) is 5.03. The van der Waals surface area contributed by atoms with E-state index in [0.29, 0.717) is 39.9 Å². The molecule has 3 unspecified atom stereocenters. The number of nitrogens with zero attached hydrogens (tertiary/aromatic N) is 1. The van der Waals surface area contributed by atoms with Crippen LogP contribution in [-0.4, -0.2) is 41.6 Å². The molecule has 1 saturated carbocycles. The quantitative estimate of drug-likeness (QED) is 0.247. The maximum absolute atomic E-state index is 13.5. The number of carbonyl (C=O) groups is 3. The average Bonchev–Trinajstić information content (AvgIpc) is 3.12. The lowest BCUT2D eigenvalue weighted by Crippen LogP contribution is -2.51. The molecule has 0 saturated heterocycles. The molecular formula is C30H37Cl3N2O6. The number of hydrogen-bond acceptors (Lipinski definition) is 7. The van der Waals surface area contributed by atoms with Crippen LogP contribution in [-0.2, 0) is 36.9 Å². The highest BCUT2D eigenvalue weighted by Gasteiger charge is 2.59. The van der Waals surface area contributed by atoms with E-state index in [0.717, 1.165) is 0 Å². The third-order valence-corrected chi connectivity index (χ3v) is 8.89. The minimum Gasteiger partial charge on any atom is -0.486 e. The summed E-state index contributed by atoms with van der Waals surface area (Å²) in [5, 5.41) is 3.83. The molecule has 1 aromatic carbocycles. The van der Waals surface area contributed by atoms with Crippen molar-refractivity contribution in [2.24, 2.45) is 16.7 Å². The Morgan fingerprint density at radius 3 is 2.27 bits per heavy atom. The van der Waals surface area contributed by atoms with E-state index in [-0.39, 0.29) is 30.1 Å². The van der Waals surface area contributed by atoms with Crippen LogP contribution >= 0.6 is 34.8 Å². The van der Waals surface area contributed by atoms with Crippen LogP contribution in [0, 0.1) is 16.7 Å². The van der Waals surface area contributed by atoms with Crippen LogP contribution in [0.3, 0.4) is 0 Å². The Morgan fingerprint density at radius 1 is 1.07 bits per heavy atom. The van der Waals surface area contributed by atoms with E-state index in [9.17, 15) is 14.4 Å². The van der Waals surface area contributed by atoms with Gasteiger partial charge in [-0.2, -0.15) is 0 Å². The van der Waals surface area contributed by atoms with Crippen molar-refractivity contribution in [2.45, 2.75) is 79.1 Å². The molecule has 0 bridgehead atoms. The molecule has 3 rings (SSSR count). The van der Waals surface area contributed by atoms with Crippen molar-refractivity contribution < 1.29 is 28.6 Å². The molecule has 0 spiro atoms. The van der Waals surface area contributed by atoms with Crippen LogP contribution in [0.25, 0.3) is 0 Å². The fraction of sp³-hybridized carbons (Fsp3) is 0.533. The first-order valence-corrected chi connectivity index (χ1v) is 14.5. The van der Waals surface area contributed by atoms with Crippen molar-refractivity contribution in [1.29, 1.82) is 0 Å². The standard InChI is InChI=1S/C30H37Cl3N2O6/c1-28(2,3)41-27(38)30(6)14-13-19(29(30,4)5)25(36)35-22(26(37)39-7)15-17-11-12-23(24(33)34-17)40-16-18-20(31)9-8-10-21(18)32/h8-12,19,22H,13-16H2,1-7H3,(H,35,36). The normalized spacial score (nSPS) is 20.7. The predicted octanol–water partition coefficient (Wildman–Crippen LogP) is 6.61. The summed E-state index contributed by atoms with van der Waals surface area (Å²) < 4.78 is 16.4. The van der Waals surface area contributed by atoms with E-state index in [1.807, 2.05) is 41.5 Å². The van der Waals surface area contributed by atoms with Crippen LogP contribution in [0.15, 0.2) is 30.3 Å². The summed E-state index contributed by atoms with van der Waals surface area (Å²) in [6, 6.07) is 7.41. The van der Waals surface area contributed by atoms with Crippen molar-refractivity contribution >= 4 is 52.6 Å². The zero-order valence-electron chi connectivity index (χ0n) is 24.4. The Labute approximate surface area is 256 Å². The maximum atomic E-state index is 13.5. The van der Waals surface area contributed by atoms with Gasteiger partial charge in [-0.05, 0) is 70.2 Å². The van der Waals surface area contributed by atoms with Gasteiger partial charge in [0.15, 0.2) is 10.9 Å². The van der Waals surface area contributed by atoms with Gasteiger partial charge in [0, 0.05) is 33.6 Å². The second kappa shape index (κ2) is 12.8. The van der Waals surface area contributed by atoms with Gasteiger partial charge in [-0.15, -0.1) is 0 Å². The number of halogens is 3. The number of benzene rings is 1. The molecule has 3 atom stereocenters. The zero-order valence-corrected chi connectivity index (χ0v) is 26.7. The van der Waals surface area contributed by atoms with E-state index in [1.54, 1.807) is 30.3 Å². The van der Waals surface area contributed by atoms with Crippen LogP contribution in [0.1, 0.15) is 65.6 Å². The van der Waals surface area contributed by atoms with Crippen LogP contribution < -0.4 is 10.1 Å². The molecule has 1 aromatic heterocycles. The van der Waals surface area contributed by atoms with Crippen molar-refractivity contribution in [2.75, 3.05) is 7.11 Å². The molecule has 0 radical (unpaired) electrons. The maximum Gasteiger partial charge on any atom is 0.328 e. The second-order valence-electron chi connectivity index (χ2n) is 12.0. The zero-order chi connectivity index (χ0) is 30.8. The van der Waals surface area contributed by atoms with Gasteiger partial charge in [-0.25, -0.2) is 9.78 Å². The highest BCUT2D eigenvalue weighted by atomic mass is 35.5. The second-order valence-corrected chi connectivity index (χ2v) is 13.2. The summed E-state index contributed by atoms with van der Waals surface area (Å²) in [5.41, 5.74) is -1.20. The topological polar surface area (TPSA) is 104 Å². The lowest BCUT2D eigenvalue weighted by atomic mass is 9.65. The molecule has 0 aliphatic heterocycles. The number of pyridine rings is 1. The number of amides is 1. The Balaban J connectivity index is 1.72. The summed E-state index contributed by atoms with van der Waals surface area (Å²) in [5.74, 6) is -1.54. The molecule has 2 aromatic rings. The van der Waals surface area contributed by atoms with Gasteiger partial charge >= 0.3 is 11.9 Å². The average molecular weight is 628 g/mol. The minimum absolute atomic E-state index is 0.0330. The first kappa shape index (κ1) is 33.0. The number of ether oxygens (including phenoxy) is 3. The van der Waals surface area contributed by atoms with Crippen LogP contribution in [0.5, 0.6) is 5.75 Å². The van der Waals surface area contributed by atoms with Gasteiger partial charge in [-0.3, -0.25) is 9.59 Å². The molecule has 1 amide bonds. The SMILES string of the molecule is COC(=O)C(Cc1ccc(OCc2c(Cl)cccc2Cl)c(Cl)n1)NC(=O)C1CCC(C)(C(=O)OC(C)(C)C)C1(C)C. The molecule has 224 valence electrons. The number of carbonyl (C=O) groups excluding carboxylic acids is 3. The molecule has 41 heavy (non-hydrogen) atoms. The van der Waals surface area contributed by atoms with Crippen LogP contribution in [0.2, 0.25) is 15.2 Å². The lowest BCUT2D eigenvalue weighted by Gasteiger charge is -2.40. The molecule has 1 heterocycles. The Hall–Kier alpha value is -2.55. The summed E-state index contributed by atoms with van der Waals surface area (Å²) in [6.45, 7) is 11.1. The molecule has 1 fully saturated rings. The summed E-state index contributed by atoms with van der Waals surface area (Å²) in [6.07, 6.45) is 0.979. The number of aromatic nitrogens is 1. The van der Waals surface area contributed by atoms with E-state index in [2.05, 4.69) is 10.3 Å². The van der Waals surface area contributed by atoms with Gasteiger partial charge in [-0.1, -0.05) is 54.7 Å². The smallest absolute Gasteiger partial charge is 0.328 e. The number of hydrogen-bond donors (Lipinski definition) is 1. The van der Waals surface area contributed by atoms with Crippen molar-refractivity contribution in [3.63, 3.8) is 0 Å². The Bertz CT molecular complexity index is 1290. The summed E-state index contributed by atoms with van der Waals surface area (Å²) >= 11 is 18.8. The van der Waals surface area contributed by atoms with Gasteiger partial charge in [0.1, 0.15) is 18.2 Å². The number of nitrogens with one attached hydrogen (secondary N) is 1. The van der Waals surface area contributed by atoms with Crippen molar-refractivity contribution in [3.8, 4) is 5.75 Å².